The van der Waals surface area contributed by atoms with Crippen LogP contribution in [0.25, 0.3) is 0 Å². The fourth-order valence-corrected chi connectivity index (χ4v) is 2.36. The molecule has 0 saturated heterocycles. The lowest BCUT2D eigenvalue weighted by Gasteiger charge is -2.08. The maximum absolute atomic E-state index is 12.4. The predicted molar refractivity (Wildman–Crippen MR) is 89.1 cm³/mol. The number of aliphatic hydroxyl groups excluding tert-OH is 1. The summed E-state index contributed by atoms with van der Waals surface area (Å²) in [6.07, 6.45) is 7.94. The first-order valence-electron chi connectivity index (χ1n) is 8.81. The Balaban J connectivity index is 3.82. The van der Waals surface area contributed by atoms with Crippen LogP contribution >= 0.6 is 0 Å². The molecule has 0 aromatic rings. The van der Waals surface area contributed by atoms with Gasteiger partial charge in [-0.1, -0.05) is 64.7 Å². The van der Waals surface area contributed by atoms with Gasteiger partial charge in [0, 0.05) is 0 Å². The first kappa shape index (κ1) is 22.5. The van der Waals surface area contributed by atoms with Crippen LogP contribution in [0.2, 0.25) is 0 Å². The van der Waals surface area contributed by atoms with Crippen LogP contribution in [-0.2, 0) is 14.3 Å². The molecule has 24 heavy (non-hydrogen) atoms. The van der Waals surface area contributed by atoms with E-state index in [0.717, 1.165) is 26.2 Å². The average Bonchev–Trinajstić information content (AvgIpc) is 2.52. The summed E-state index contributed by atoms with van der Waals surface area (Å²) < 4.78 is 29.6. The number of hydrogen-bond donors (Lipinski definition) is 1. The summed E-state index contributed by atoms with van der Waals surface area (Å²) in [6, 6.07) is 0. The van der Waals surface area contributed by atoms with E-state index in [9.17, 15) is 18.4 Å². The highest BCUT2D eigenvalue weighted by molar-refractivity contribution is 6.16. The number of unbranched alkanes of at least 4 members (excludes halogenated alkanes) is 9. The van der Waals surface area contributed by atoms with Crippen LogP contribution in [0.3, 0.4) is 0 Å². The third-order valence-electron chi connectivity index (χ3n) is 3.75. The second kappa shape index (κ2) is 13.9. The van der Waals surface area contributed by atoms with Gasteiger partial charge in [0.05, 0.1) is 6.61 Å². The molecule has 0 aromatic heterocycles. The van der Waals surface area contributed by atoms with Crippen LogP contribution in [0.15, 0.2) is 11.3 Å². The molecular formula is C18H30F2O4. The number of Topliss-reactive ketones (excluding diaryl/α,β-unsaturated/α-hetero) is 1. The molecule has 0 rings (SSSR count). The van der Waals surface area contributed by atoms with Crippen LogP contribution in [-0.4, -0.2) is 29.9 Å². The molecule has 0 aliphatic carbocycles. The molecule has 140 valence electrons. The lowest BCUT2D eigenvalue weighted by Crippen LogP contribution is -2.19. The van der Waals surface area contributed by atoms with E-state index < -0.39 is 29.5 Å². The number of esters is 1. The number of alkyl halides is 2. The molecule has 1 N–H and O–H groups in total. The second-order valence-corrected chi connectivity index (χ2v) is 5.94. The molecule has 0 heterocycles. The van der Waals surface area contributed by atoms with Crippen molar-refractivity contribution in [3.05, 3.63) is 11.3 Å². The summed E-state index contributed by atoms with van der Waals surface area (Å²) in [6.45, 7) is 3.19. The summed E-state index contributed by atoms with van der Waals surface area (Å²) in [5.74, 6) is -3.63. The van der Waals surface area contributed by atoms with E-state index in [1.165, 1.54) is 38.5 Å². The largest absolute Gasteiger partial charge is 0.506 e. The smallest absolute Gasteiger partial charge is 0.345 e. The number of rotatable bonds is 14. The molecule has 0 radical (unpaired) electrons. The Morgan fingerprint density at radius 1 is 0.917 bits per heavy atom. The van der Waals surface area contributed by atoms with Gasteiger partial charge in [-0.3, -0.25) is 4.79 Å². The number of carbonyl (C=O) groups is 2. The van der Waals surface area contributed by atoms with Gasteiger partial charge >= 0.3 is 5.97 Å². The number of carbonyl (C=O) groups excluding carboxylic acids is 2. The molecular weight excluding hydrogens is 318 g/mol. The molecule has 0 amide bonds. The van der Waals surface area contributed by atoms with E-state index in [4.69, 9.17) is 9.84 Å². The Labute approximate surface area is 143 Å². The SMILES string of the molecule is CCCCCCCCCCCCOC(=O)/C(C(C)=O)=C(/O)C(F)F. The monoisotopic (exact) mass is 348 g/mol. The average molecular weight is 348 g/mol. The number of ketones is 1. The van der Waals surface area contributed by atoms with Gasteiger partial charge in [0.2, 0.25) is 0 Å². The fourth-order valence-electron chi connectivity index (χ4n) is 2.36. The molecule has 0 spiro atoms. The van der Waals surface area contributed by atoms with Crippen molar-refractivity contribution in [3.63, 3.8) is 0 Å². The molecule has 0 aliphatic heterocycles. The Morgan fingerprint density at radius 3 is 1.79 bits per heavy atom. The topological polar surface area (TPSA) is 63.6 Å². The minimum absolute atomic E-state index is 0.0582. The summed E-state index contributed by atoms with van der Waals surface area (Å²) in [5.41, 5.74) is -0.961. The van der Waals surface area contributed by atoms with Crippen LogP contribution in [0.4, 0.5) is 8.78 Å². The van der Waals surface area contributed by atoms with Crippen molar-refractivity contribution in [2.24, 2.45) is 0 Å². The fraction of sp³-hybridized carbons (Fsp3) is 0.778. The quantitative estimate of drug-likeness (QED) is 0.118. The van der Waals surface area contributed by atoms with Crippen LogP contribution in [0, 0.1) is 0 Å². The van der Waals surface area contributed by atoms with Gasteiger partial charge in [-0.05, 0) is 13.3 Å². The number of halogens is 2. The third-order valence-corrected chi connectivity index (χ3v) is 3.75. The normalized spacial score (nSPS) is 12.2. The van der Waals surface area contributed by atoms with Crippen LogP contribution in [0.1, 0.15) is 78.1 Å². The van der Waals surface area contributed by atoms with E-state index in [0.29, 0.717) is 6.42 Å². The van der Waals surface area contributed by atoms with Crippen molar-refractivity contribution in [2.75, 3.05) is 6.61 Å². The maximum atomic E-state index is 12.4. The first-order chi connectivity index (χ1) is 11.4. The molecule has 0 aliphatic rings. The molecule has 6 heteroatoms. The van der Waals surface area contributed by atoms with Crippen LogP contribution in [0.5, 0.6) is 0 Å². The number of allylic oxidation sites excluding steroid dienone is 1. The summed E-state index contributed by atoms with van der Waals surface area (Å²) in [4.78, 5) is 22.8. The van der Waals surface area contributed by atoms with Crippen molar-refractivity contribution >= 4 is 11.8 Å². The van der Waals surface area contributed by atoms with Crippen molar-refractivity contribution in [3.8, 4) is 0 Å². The van der Waals surface area contributed by atoms with Gasteiger partial charge in [0.15, 0.2) is 11.5 Å². The van der Waals surface area contributed by atoms with Crippen LogP contribution < -0.4 is 0 Å². The molecule has 0 bridgehead atoms. The molecule has 0 fully saturated rings. The summed E-state index contributed by atoms with van der Waals surface area (Å²) >= 11 is 0. The summed E-state index contributed by atoms with van der Waals surface area (Å²) in [7, 11) is 0. The van der Waals surface area contributed by atoms with Gasteiger partial charge in [-0.2, -0.15) is 0 Å². The highest BCUT2D eigenvalue weighted by Gasteiger charge is 2.26. The van der Waals surface area contributed by atoms with Crippen molar-refractivity contribution in [1.29, 1.82) is 0 Å². The van der Waals surface area contributed by atoms with E-state index >= 15 is 0 Å². The molecule has 0 atom stereocenters. The first-order valence-corrected chi connectivity index (χ1v) is 8.81. The Kier molecular flexibility index (Phi) is 13.1. The van der Waals surface area contributed by atoms with Crippen molar-refractivity contribution in [1.82, 2.24) is 0 Å². The highest BCUT2D eigenvalue weighted by atomic mass is 19.3. The predicted octanol–water partition coefficient (Wildman–Crippen LogP) is 5.12. The van der Waals surface area contributed by atoms with Gasteiger partial charge in [0.1, 0.15) is 5.57 Å². The highest BCUT2D eigenvalue weighted by Crippen LogP contribution is 2.14. The minimum Gasteiger partial charge on any atom is -0.506 e. The second-order valence-electron chi connectivity index (χ2n) is 5.94. The van der Waals surface area contributed by atoms with E-state index in [-0.39, 0.29) is 6.61 Å². The lowest BCUT2D eigenvalue weighted by atomic mass is 10.1. The van der Waals surface area contributed by atoms with Gasteiger partial charge in [-0.25, -0.2) is 13.6 Å². The van der Waals surface area contributed by atoms with Gasteiger partial charge < -0.3 is 9.84 Å². The third kappa shape index (κ3) is 10.3. The Morgan fingerprint density at radius 2 is 1.38 bits per heavy atom. The number of ether oxygens (including phenoxy) is 1. The molecule has 0 unspecified atom stereocenters. The zero-order valence-electron chi connectivity index (χ0n) is 14.8. The van der Waals surface area contributed by atoms with E-state index in [1.54, 1.807) is 0 Å². The van der Waals surface area contributed by atoms with Crippen molar-refractivity contribution in [2.45, 2.75) is 84.5 Å². The maximum Gasteiger partial charge on any atom is 0.345 e. The van der Waals surface area contributed by atoms with E-state index in [2.05, 4.69) is 6.92 Å². The number of aliphatic hydroxyl groups is 1. The summed E-state index contributed by atoms with van der Waals surface area (Å²) in [5, 5.41) is 9.11. The van der Waals surface area contributed by atoms with Gasteiger partial charge in [0.25, 0.3) is 6.43 Å². The van der Waals surface area contributed by atoms with Crippen molar-refractivity contribution < 1.29 is 28.2 Å². The number of hydrogen-bond acceptors (Lipinski definition) is 4. The van der Waals surface area contributed by atoms with E-state index in [1.807, 2.05) is 0 Å². The standard InChI is InChI=1S/C18H30F2O4/c1-3-4-5-6-7-8-9-10-11-12-13-24-18(23)15(14(2)21)16(22)17(19)20/h17,22H,3-13H2,1-2H3/b16-15+. The molecule has 4 nitrogen and oxygen atoms in total. The molecule has 0 aromatic carbocycles. The van der Waals surface area contributed by atoms with Gasteiger partial charge in [-0.15, -0.1) is 0 Å². The lowest BCUT2D eigenvalue weighted by molar-refractivity contribution is -0.141. The Bertz CT molecular complexity index is 406. The minimum atomic E-state index is -3.27. The Hall–Kier alpha value is -1.46. The zero-order valence-corrected chi connectivity index (χ0v) is 14.8. The zero-order chi connectivity index (χ0) is 18.4. The molecule has 0 saturated carbocycles.